The molecule has 1 amide bonds. The number of carbonyl (C=O) groups excluding carboxylic acids is 1. The van der Waals surface area contributed by atoms with Crippen molar-refractivity contribution in [3.8, 4) is 11.3 Å². The van der Waals surface area contributed by atoms with E-state index in [0.29, 0.717) is 35.8 Å². The average Bonchev–Trinajstić information content (AvgIpc) is 3.45. The Hall–Kier alpha value is -2.48. The lowest BCUT2D eigenvalue weighted by Gasteiger charge is -2.45. The molecule has 36 heavy (non-hydrogen) atoms. The number of H-pyrrole nitrogens is 1. The summed E-state index contributed by atoms with van der Waals surface area (Å²) < 4.78 is 5.68. The van der Waals surface area contributed by atoms with Gasteiger partial charge in [0.1, 0.15) is 5.52 Å². The Balaban J connectivity index is 1.20. The predicted octanol–water partition coefficient (Wildman–Crippen LogP) is 4.94. The van der Waals surface area contributed by atoms with Gasteiger partial charge in [0.25, 0.3) is 0 Å². The highest BCUT2D eigenvalue weighted by Gasteiger charge is 2.52. The number of nitrogens with zero attached hydrogens (tertiary/aromatic N) is 4. The molecule has 0 bridgehead atoms. The van der Waals surface area contributed by atoms with Gasteiger partial charge in [-0.2, -0.15) is 0 Å². The molecular formula is C28H32ClN5O2. The van der Waals surface area contributed by atoms with Gasteiger partial charge in [0, 0.05) is 37.1 Å². The third-order valence-corrected chi connectivity index (χ3v) is 9.29. The number of rotatable bonds is 4. The minimum atomic E-state index is -0.458. The second-order valence-electron chi connectivity index (χ2n) is 11.0. The first-order valence-electron chi connectivity index (χ1n) is 13.4. The molecular weight excluding hydrogens is 474 g/mol. The summed E-state index contributed by atoms with van der Waals surface area (Å²) in [5.41, 5.74) is 5.03. The maximum atomic E-state index is 14.0. The molecule has 1 spiro atoms. The number of halogens is 1. The summed E-state index contributed by atoms with van der Waals surface area (Å²) in [6, 6.07) is 9.07. The number of amides is 1. The fraction of sp³-hybridized carbons (Fsp3) is 0.536. The number of fused-ring (bicyclic) bond motifs is 3. The number of nitrogens with one attached hydrogen (secondary N) is 1. The Morgan fingerprint density at radius 1 is 1.11 bits per heavy atom. The first-order chi connectivity index (χ1) is 17.6. The number of ether oxygens (including phenoxy) is 1. The molecule has 2 saturated heterocycles. The molecule has 1 saturated carbocycles. The Morgan fingerprint density at radius 3 is 2.72 bits per heavy atom. The lowest BCUT2D eigenvalue weighted by Crippen LogP contribution is -2.51. The van der Waals surface area contributed by atoms with E-state index in [4.69, 9.17) is 16.3 Å². The molecule has 3 fully saturated rings. The molecule has 2 aromatic heterocycles. The molecule has 4 aliphatic rings. The van der Waals surface area contributed by atoms with Crippen molar-refractivity contribution >= 4 is 34.2 Å². The van der Waals surface area contributed by atoms with Crippen molar-refractivity contribution in [1.29, 1.82) is 0 Å². The third-order valence-electron chi connectivity index (χ3n) is 9.02. The summed E-state index contributed by atoms with van der Waals surface area (Å²) in [5.74, 6) is 0.815. The topological polar surface area (TPSA) is 74.4 Å². The van der Waals surface area contributed by atoms with E-state index in [9.17, 15) is 4.79 Å². The zero-order valence-electron chi connectivity index (χ0n) is 20.5. The molecule has 7 nitrogen and oxygen atoms in total. The Labute approximate surface area is 216 Å². The summed E-state index contributed by atoms with van der Waals surface area (Å²) >= 11 is 6.44. The molecule has 3 aliphatic heterocycles. The molecule has 188 valence electrons. The maximum Gasteiger partial charge on any atom is 0.237 e. The third kappa shape index (κ3) is 3.58. The van der Waals surface area contributed by atoms with Crippen LogP contribution in [0.5, 0.6) is 0 Å². The highest BCUT2D eigenvalue weighted by Crippen LogP contribution is 2.50. The van der Waals surface area contributed by atoms with Crippen molar-refractivity contribution in [3.05, 3.63) is 41.3 Å². The van der Waals surface area contributed by atoms with Gasteiger partial charge in [-0.1, -0.05) is 30.2 Å². The Bertz CT molecular complexity index is 1300. The lowest BCUT2D eigenvalue weighted by atomic mass is 9.75. The number of benzene rings is 1. The monoisotopic (exact) mass is 505 g/mol. The first-order valence-corrected chi connectivity index (χ1v) is 13.8. The van der Waals surface area contributed by atoms with Crippen LogP contribution in [-0.4, -0.2) is 64.6 Å². The number of aromatic amines is 1. The Kier molecular flexibility index (Phi) is 5.56. The summed E-state index contributed by atoms with van der Waals surface area (Å²) in [4.78, 5) is 30.8. The van der Waals surface area contributed by atoms with Crippen molar-refractivity contribution in [2.24, 2.45) is 5.92 Å². The normalized spacial score (nSPS) is 25.9. The molecule has 0 unspecified atom stereocenters. The smallest absolute Gasteiger partial charge is 0.237 e. The molecule has 0 atom stereocenters. The molecule has 1 N–H and O–H groups in total. The van der Waals surface area contributed by atoms with Crippen molar-refractivity contribution in [1.82, 2.24) is 19.9 Å². The number of anilines is 1. The van der Waals surface area contributed by atoms with Crippen LogP contribution in [0.25, 0.3) is 22.3 Å². The summed E-state index contributed by atoms with van der Waals surface area (Å²) in [6.45, 7) is 4.55. The summed E-state index contributed by atoms with van der Waals surface area (Å²) in [7, 11) is 0. The zero-order valence-corrected chi connectivity index (χ0v) is 21.3. The van der Waals surface area contributed by atoms with Gasteiger partial charge in [-0.25, -0.2) is 9.97 Å². The quantitative estimate of drug-likeness (QED) is 0.508. The highest BCUT2D eigenvalue weighted by molar-refractivity contribution is 6.33. The molecule has 1 aromatic carbocycles. The Morgan fingerprint density at radius 2 is 1.92 bits per heavy atom. The number of imidazole rings is 1. The largest absolute Gasteiger partial charge is 0.381 e. The highest BCUT2D eigenvalue weighted by atomic mass is 35.5. The van der Waals surface area contributed by atoms with Gasteiger partial charge in [0.2, 0.25) is 5.91 Å². The van der Waals surface area contributed by atoms with Crippen LogP contribution in [0.1, 0.15) is 50.5 Å². The SMILES string of the molecule is O=C1N(CC2CC(N3CCCCC3)C2)c2cc(-c3cc4[nH]cnc4c(Cl)n3)ccc2C12CCOCC2. The van der Waals surface area contributed by atoms with E-state index in [2.05, 4.69) is 43.0 Å². The van der Waals surface area contributed by atoms with Gasteiger partial charge in [-0.05, 0) is 75.2 Å². The fourth-order valence-corrected chi connectivity index (χ4v) is 7.17. The second kappa shape index (κ2) is 8.82. The zero-order chi connectivity index (χ0) is 24.3. The van der Waals surface area contributed by atoms with Crippen LogP contribution in [0, 0.1) is 5.92 Å². The molecule has 7 rings (SSSR count). The van der Waals surface area contributed by atoms with E-state index in [1.165, 1.54) is 45.2 Å². The van der Waals surface area contributed by atoms with E-state index in [1.807, 2.05) is 6.07 Å². The minimum Gasteiger partial charge on any atom is -0.381 e. The van der Waals surface area contributed by atoms with Crippen LogP contribution < -0.4 is 4.90 Å². The van der Waals surface area contributed by atoms with E-state index < -0.39 is 5.41 Å². The molecule has 8 heteroatoms. The predicted molar refractivity (Wildman–Crippen MR) is 140 cm³/mol. The molecule has 3 aromatic rings. The van der Waals surface area contributed by atoms with Gasteiger partial charge in [0.05, 0.1) is 23.0 Å². The van der Waals surface area contributed by atoms with Crippen molar-refractivity contribution in [2.75, 3.05) is 37.7 Å². The van der Waals surface area contributed by atoms with E-state index >= 15 is 0 Å². The number of likely N-dealkylation sites (tertiary alicyclic amines) is 1. The molecule has 0 radical (unpaired) electrons. The summed E-state index contributed by atoms with van der Waals surface area (Å²) in [5, 5.41) is 0.385. The van der Waals surface area contributed by atoms with Gasteiger partial charge >= 0.3 is 0 Å². The van der Waals surface area contributed by atoms with Crippen LogP contribution >= 0.6 is 11.6 Å². The van der Waals surface area contributed by atoms with Crippen molar-refractivity contribution in [3.63, 3.8) is 0 Å². The summed E-state index contributed by atoms with van der Waals surface area (Å²) in [6.07, 6.45) is 9.55. The van der Waals surface area contributed by atoms with E-state index in [1.54, 1.807) is 6.33 Å². The van der Waals surface area contributed by atoms with Crippen LogP contribution in [0.15, 0.2) is 30.6 Å². The standard InChI is InChI=1S/C28H32ClN5O2/c29-26-25-23(30-17-31-25)15-22(32-26)19-4-5-21-24(14-19)34(27(35)28(21)6-10-36-11-7-28)16-18-12-20(13-18)33-8-2-1-3-9-33/h4-5,14-15,17-18,20H,1-3,6-13,16H2,(H,30,31). The van der Waals surface area contributed by atoms with Crippen LogP contribution in [0.2, 0.25) is 5.15 Å². The number of hydrogen-bond acceptors (Lipinski definition) is 5. The van der Waals surface area contributed by atoms with Crippen molar-refractivity contribution in [2.45, 2.75) is 56.4 Å². The van der Waals surface area contributed by atoms with E-state index in [0.717, 1.165) is 47.4 Å². The maximum absolute atomic E-state index is 14.0. The van der Waals surface area contributed by atoms with Gasteiger partial charge in [-0.15, -0.1) is 0 Å². The number of hydrogen-bond donors (Lipinski definition) is 1. The average molecular weight is 506 g/mol. The number of aromatic nitrogens is 3. The number of pyridine rings is 1. The van der Waals surface area contributed by atoms with Gasteiger partial charge in [-0.3, -0.25) is 4.79 Å². The van der Waals surface area contributed by atoms with Crippen LogP contribution in [0.3, 0.4) is 0 Å². The van der Waals surface area contributed by atoms with Gasteiger partial charge in [0.15, 0.2) is 5.15 Å². The van der Waals surface area contributed by atoms with Crippen LogP contribution in [-0.2, 0) is 14.9 Å². The van der Waals surface area contributed by atoms with E-state index in [-0.39, 0.29) is 5.91 Å². The number of piperidine rings is 1. The van der Waals surface area contributed by atoms with Gasteiger partial charge < -0.3 is 19.5 Å². The second-order valence-corrected chi connectivity index (χ2v) is 11.4. The first kappa shape index (κ1) is 22.7. The van der Waals surface area contributed by atoms with Crippen LogP contribution in [0.4, 0.5) is 5.69 Å². The molecule has 1 aliphatic carbocycles. The lowest BCUT2D eigenvalue weighted by molar-refractivity contribution is -0.126. The fourth-order valence-electron chi connectivity index (χ4n) is 6.93. The number of carbonyl (C=O) groups is 1. The molecule has 5 heterocycles. The van der Waals surface area contributed by atoms with Crippen molar-refractivity contribution < 1.29 is 9.53 Å². The minimum absolute atomic E-state index is 0.259.